The van der Waals surface area contributed by atoms with Crippen LogP contribution in [0.15, 0.2) is 48.9 Å². The Labute approximate surface area is 184 Å². The van der Waals surface area contributed by atoms with E-state index in [0.29, 0.717) is 41.1 Å². The third-order valence-corrected chi connectivity index (χ3v) is 4.94. The van der Waals surface area contributed by atoms with Gasteiger partial charge < -0.3 is 15.0 Å². The van der Waals surface area contributed by atoms with E-state index in [1.807, 2.05) is 18.2 Å². The van der Waals surface area contributed by atoms with Crippen LogP contribution in [-0.4, -0.2) is 47.3 Å². The standard InChI is InChI=1S/C22H19ClN6O2/c1-2-16-4-5-17(12-25-16)26-22(30)28-21-14-24-13-19(27-21)15-3-6-20(18(23)11-15)29-7-9-31-10-8-29/h1,3-6,11-14H,7-10H2,(H2,26,27,28,30). The van der Waals surface area contributed by atoms with Crippen LogP contribution in [0.1, 0.15) is 5.69 Å². The maximum Gasteiger partial charge on any atom is 0.324 e. The Bertz CT molecular complexity index is 1120. The van der Waals surface area contributed by atoms with Crippen molar-refractivity contribution < 1.29 is 9.53 Å². The summed E-state index contributed by atoms with van der Waals surface area (Å²) in [6.07, 6.45) is 9.84. The van der Waals surface area contributed by atoms with Crippen molar-refractivity contribution >= 4 is 34.8 Å². The van der Waals surface area contributed by atoms with Crippen molar-refractivity contribution in [2.45, 2.75) is 0 Å². The van der Waals surface area contributed by atoms with Crippen LogP contribution in [0.3, 0.4) is 0 Å². The van der Waals surface area contributed by atoms with Gasteiger partial charge in [0.1, 0.15) is 5.69 Å². The molecule has 1 aromatic carbocycles. The molecule has 0 bridgehead atoms. The molecule has 1 saturated heterocycles. The van der Waals surface area contributed by atoms with Crippen molar-refractivity contribution in [1.82, 2.24) is 15.0 Å². The summed E-state index contributed by atoms with van der Waals surface area (Å²) < 4.78 is 5.39. The average Bonchev–Trinajstić information content (AvgIpc) is 2.80. The molecule has 1 fully saturated rings. The number of pyridine rings is 1. The van der Waals surface area contributed by atoms with E-state index in [2.05, 4.69) is 36.4 Å². The Morgan fingerprint density at radius 3 is 2.68 bits per heavy atom. The van der Waals surface area contributed by atoms with Gasteiger partial charge in [0.15, 0.2) is 5.82 Å². The number of anilines is 3. The molecule has 156 valence electrons. The van der Waals surface area contributed by atoms with Gasteiger partial charge in [-0.05, 0) is 24.3 Å². The zero-order valence-corrected chi connectivity index (χ0v) is 17.3. The number of hydrogen-bond acceptors (Lipinski definition) is 6. The number of amides is 2. The smallest absolute Gasteiger partial charge is 0.324 e. The first-order valence-corrected chi connectivity index (χ1v) is 9.95. The van der Waals surface area contributed by atoms with Crippen LogP contribution in [-0.2, 0) is 4.74 Å². The first-order valence-electron chi connectivity index (χ1n) is 9.58. The monoisotopic (exact) mass is 434 g/mol. The summed E-state index contributed by atoms with van der Waals surface area (Å²) in [5.74, 6) is 2.72. The van der Waals surface area contributed by atoms with Gasteiger partial charge >= 0.3 is 6.03 Å². The lowest BCUT2D eigenvalue weighted by Gasteiger charge is -2.29. The number of aromatic nitrogens is 3. The number of nitrogens with one attached hydrogen (secondary N) is 2. The molecule has 0 atom stereocenters. The topological polar surface area (TPSA) is 92.3 Å². The Morgan fingerprint density at radius 2 is 1.97 bits per heavy atom. The summed E-state index contributed by atoms with van der Waals surface area (Å²) in [7, 11) is 0. The van der Waals surface area contributed by atoms with Gasteiger partial charge in [-0.2, -0.15) is 0 Å². The van der Waals surface area contributed by atoms with Crippen LogP contribution < -0.4 is 15.5 Å². The number of hydrogen-bond donors (Lipinski definition) is 2. The number of urea groups is 1. The zero-order valence-electron chi connectivity index (χ0n) is 16.5. The number of morpholine rings is 1. The molecular formula is C22H19ClN6O2. The molecule has 0 unspecified atom stereocenters. The molecule has 31 heavy (non-hydrogen) atoms. The highest BCUT2D eigenvalue weighted by molar-refractivity contribution is 6.33. The van der Waals surface area contributed by atoms with Crippen molar-refractivity contribution in [3.8, 4) is 23.6 Å². The Balaban J connectivity index is 1.45. The molecule has 2 N–H and O–H groups in total. The Hall–Kier alpha value is -3.67. The number of benzene rings is 1. The van der Waals surface area contributed by atoms with Crippen LogP contribution in [0, 0.1) is 12.3 Å². The first-order chi connectivity index (χ1) is 15.1. The van der Waals surface area contributed by atoms with E-state index < -0.39 is 6.03 Å². The molecule has 1 aliphatic heterocycles. The van der Waals surface area contributed by atoms with Crippen LogP contribution >= 0.6 is 11.6 Å². The van der Waals surface area contributed by atoms with Crippen molar-refractivity contribution in [3.05, 3.63) is 59.6 Å². The molecule has 4 rings (SSSR count). The lowest BCUT2D eigenvalue weighted by Crippen LogP contribution is -2.36. The molecule has 0 spiro atoms. The zero-order chi connectivity index (χ0) is 21.6. The largest absolute Gasteiger partial charge is 0.378 e. The third kappa shape index (κ3) is 5.09. The minimum atomic E-state index is -0.470. The van der Waals surface area contributed by atoms with E-state index in [-0.39, 0.29) is 0 Å². The molecule has 8 nitrogen and oxygen atoms in total. The molecule has 9 heteroatoms. The highest BCUT2D eigenvalue weighted by Crippen LogP contribution is 2.31. The van der Waals surface area contributed by atoms with Gasteiger partial charge in [-0.1, -0.05) is 23.6 Å². The second-order valence-electron chi connectivity index (χ2n) is 6.71. The lowest BCUT2D eigenvalue weighted by atomic mass is 10.1. The summed E-state index contributed by atoms with van der Waals surface area (Å²) in [5.41, 5.74) is 3.34. The lowest BCUT2D eigenvalue weighted by molar-refractivity contribution is 0.122. The maximum absolute atomic E-state index is 12.3. The number of rotatable bonds is 4. The number of terminal acetylenes is 1. The maximum atomic E-state index is 12.3. The summed E-state index contributed by atoms with van der Waals surface area (Å²) in [4.78, 5) is 27.1. The van der Waals surface area contributed by atoms with E-state index in [1.165, 1.54) is 12.4 Å². The molecule has 0 radical (unpaired) electrons. The van der Waals surface area contributed by atoms with Gasteiger partial charge in [-0.25, -0.2) is 14.8 Å². The van der Waals surface area contributed by atoms with Gasteiger partial charge in [0.2, 0.25) is 0 Å². The molecule has 0 saturated carbocycles. The first kappa shape index (κ1) is 20.6. The van der Waals surface area contributed by atoms with Crippen molar-refractivity contribution in [2.24, 2.45) is 0 Å². The molecule has 1 aliphatic rings. The highest BCUT2D eigenvalue weighted by atomic mass is 35.5. The van der Waals surface area contributed by atoms with Crippen LogP contribution in [0.2, 0.25) is 5.02 Å². The van der Waals surface area contributed by atoms with E-state index in [1.54, 1.807) is 18.3 Å². The molecule has 0 aliphatic carbocycles. The van der Waals surface area contributed by atoms with Gasteiger partial charge in [0, 0.05) is 18.7 Å². The van der Waals surface area contributed by atoms with Crippen LogP contribution in [0.4, 0.5) is 22.0 Å². The second-order valence-corrected chi connectivity index (χ2v) is 7.12. The van der Waals surface area contributed by atoms with E-state index in [9.17, 15) is 4.79 Å². The van der Waals surface area contributed by atoms with Gasteiger partial charge in [0.05, 0.1) is 53.9 Å². The van der Waals surface area contributed by atoms with Gasteiger partial charge in [0.25, 0.3) is 0 Å². The van der Waals surface area contributed by atoms with Crippen LogP contribution in [0.25, 0.3) is 11.3 Å². The van der Waals surface area contributed by atoms with Crippen molar-refractivity contribution in [2.75, 3.05) is 41.8 Å². The van der Waals surface area contributed by atoms with Gasteiger partial charge in [-0.3, -0.25) is 10.3 Å². The minimum Gasteiger partial charge on any atom is -0.378 e. The Morgan fingerprint density at radius 1 is 1.13 bits per heavy atom. The minimum absolute atomic E-state index is 0.302. The summed E-state index contributed by atoms with van der Waals surface area (Å²) in [5, 5.41) is 5.95. The normalized spacial score (nSPS) is 13.4. The predicted molar refractivity (Wildman–Crippen MR) is 120 cm³/mol. The molecule has 2 aromatic heterocycles. The highest BCUT2D eigenvalue weighted by Gasteiger charge is 2.15. The fourth-order valence-electron chi connectivity index (χ4n) is 3.12. The van der Waals surface area contributed by atoms with Gasteiger partial charge in [-0.15, -0.1) is 6.42 Å². The SMILES string of the molecule is C#Cc1ccc(NC(=O)Nc2cncc(-c3ccc(N4CCOCC4)c(Cl)c3)n2)cn1. The number of halogens is 1. The average molecular weight is 435 g/mol. The fourth-order valence-corrected chi connectivity index (χ4v) is 3.42. The van der Waals surface area contributed by atoms with Crippen LogP contribution in [0.5, 0.6) is 0 Å². The molecular weight excluding hydrogens is 416 g/mol. The van der Waals surface area contributed by atoms with E-state index in [4.69, 9.17) is 22.8 Å². The quantitative estimate of drug-likeness (QED) is 0.609. The van der Waals surface area contributed by atoms with Crippen molar-refractivity contribution in [3.63, 3.8) is 0 Å². The number of carbonyl (C=O) groups excluding carboxylic acids is 1. The summed E-state index contributed by atoms with van der Waals surface area (Å²) >= 11 is 6.52. The van der Waals surface area contributed by atoms with E-state index >= 15 is 0 Å². The fraction of sp³-hybridized carbons (Fsp3) is 0.182. The predicted octanol–water partition coefficient (Wildman–Crippen LogP) is 3.65. The second kappa shape index (κ2) is 9.43. The number of nitrogens with zero attached hydrogens (tertiary/aromatic N) is 4. The molecule has 3 aromatic rings. The third-order valence-electron chi connectivity index (χ3n) is 4.64. The number of carbonyl (C=O) groups is 1. The number of ether oxygens (including phenoxy) is 1. The molecule has 2 amide bonds. The summed E-state index contributed by atoms with van der Waals surface area (Å²) in [6.45, 7) is 2.97. The van der Waals surface area contributed by atoms with E-state index in [0.717, 1.165) is 24.3 Å². The summed E-state index contributed by atoms with van der Waals surface area (Å²) in [6, 6.07) is 8.58. The Kier molecular flexibility index (Phi) is 6.26. The van der Waals surface area contributed by atoms with Crippen molar-refractivity contribution in [1.29, 1.82) is 0 Å². The molecule has 3 heterocycles.